The van der Waals surface area contributed by atoms with Crippen LogP contribution in [0.4, 0.5) is 8.78 Å². The summed E-state index contributed by atoms with van der Waals surface area (Å²) in [5.41, 5.74) is 2.52. The zero-order valence-corrected chi connectivity index (χ0v) is 11.5. The molecule has 0 unspecified atom stereocenters. The fraction of sp³-hybridized carbons (Fsp3) is 0.250. The summed E-state index contributed by atoms with van der Waals surface area (Å²) in [5, 5.41) is 0. The number of hydrogen-bond donors (Lipinski definition) is 0. The van der Waals surface area contributed by atoms with E-state index < -0.39 is 11.7 Å². The first kappa shape index (κ1) is 14.1. The van der Waals surface area contributed by atoms with Gasteiger partial charge in [-0.3, -0.25) is 0 Å². The number of ether oxygens (including phenoxy) is 1. The Morgan fingerprint density at radius 2 is 2.10 bits per heavy atom. The van der Waals surface area contributed by atoms with Gasteiger partial charge in [0.1, 0.15) is 31.9 Å². The Bertz CT molecular complexity index is 652. The molecule has 2 radical (unpaired) electrons. The molecule has 3 rings (SSSR count). The minimum absolute atomic E-state index is 0.0311. The van der Waals surface area contributed by atoms with Crippen molar-refractivity contribution in [3.05, 3.63) is 59.0 Å². The van der Waals surface area contributed by atoms with Crippen LogP contribution in [0.5, 0.6) is 0 Å². The van der Waals surface area contributed by atoms with Crippen molar-refractivity contribution in [3.8, 4) is 0 Å². The Morgan fingerprint density at radius 3 is 2.90 bits per heavy atom. The molecular formula is C16H14BF2NO. The summed E-state index contributed by atoms with van der Waals surface area (Å²) < 4.78 is 33.3. The maximum absolute atomic E-state index is 13.9. The highest BCUT2D eigenvalue weighted by Gasteiger charge is 2.22. The highest BCUT2D eigenvalue weighted by molar-refractivity contribution is 6.32. The minimum atomic E-state index is -0.537. The molecule has 0 fully saturated rings. The van der Waals surface area contributed by atoms with Crippen LogP contribution in [0.2, 0.25) is 0 Å². The third-order valence-corrected chi connectivity index (χ3v) is 3.55. The van der Waals surface area contributed by atoms with Gasteiger partial charge in [0, 0.05) is 12.6 Å². The van der Waals surface area contributed by atoms with Crippen molar-refractivity contribution in [2.24, 2.45) is 0 Å². The van der Waals surface area contributed by atoms with Crippen molar-refractivity contribution >= 4 is 19.4 Å². The van der Waals surface area contributed by atoms with E-state index in [4.69, 9.17) is 12.6 Å². The number of allylic oxidation sites excluding steroid dienone is 3. The molecule has 0 N–H and O–H groups in total. The highest BCUT2D eigenvalue weighted by atomic mass is 19.1. The van der Waals surface area contributed by atoms with Crippen LogP contribution >= 0.6 is 0 Å². The predicted molar refractivity (Wildman–Crippen MR) is 78.9 cm³/mol. The first-order valence-electron chi connectivity index (χ1n) is 6.81. The number of rotatable bonds is 1. The van der Waals surface area contributed by atoms with Gasteiger partial charge in [-0.05, 0) is 29.7 Å². The first-order valence-corrected chi connectivity index (χ1v) is 6.81. The van der Waals surface area contributed by atoms with Gasteiger partial charge in [-0.2, -0.15) is 0 Å². The summed E-state index contributed by atoms with van der Waals surface area (Å²) in [6, 6.07) is 5.50. The van der Waals surface area contributed by atoms with Crippen LogP contribution < -0.4 is 5.46 Å². The second-order valence-corrected chi connectivity index (χ2v) is 5.07. The van der Waals surface area contributed by atoms with E-state index >= 15 is 0 Å². The maximum Gasteiger partial charge on any atom is 0.145 e. The Labute approximate surface area is 123 Å². The zero-order valence-electron chi connectivity index (χ0n) is 11.5. The lowest BCUT2D eigenvalue weighted by Crippen LogP contribution is -2.24. The van der Waals surface area contributed by atoms with Crippen molar-refractivity contribution in [2.75, 3.05) is 6.73 Å². The van der Waals surface area contributed by atoms with Gasteiger partial charge < -0.3 is 9.64 Å². The Hall–Kier alpha value is -1.88. The lowest BCUT2D eigenvalue weighted by Gasteiger charge is -2.26. The average molecular weight is 285 g/mol. The lowest BCUT2D eigenvalue weighted by molar-refractivity contribution is 0.0550. The average Bonchev–Trinajstić information content (AvgIpc) is 2.42. The molecule has 2 nitrogen and oxygen atoms in total. The van der Waals surface area contributed by atoms with Crippen molar-refractivity contribution in [1.82, 2.24) is 4.90 Å². The van der Waals surface area contributed by atoms with E-state index in [1.165, 1.54) is 11.0 Å². The molecule has 1 aliphatic heterocycles. The number of nitrogens with zero attached hydrogens (tertiary/aromatic N) is 1. The van der Waals surface area contributed by atoms with Crippen LogP contribution in [-0.2, 0) is 11.3 Å². The van der Waals surface area contributed by atoms with E-state index in [0.29, 0.717) is 18.5 Å². The van der Waals surface area contributed by atoms with E-state index in [0.717, 1.165) is 11.1 Å². The van der Waals surface area contributed by atoms with Gasteiger partial charge in [-0.1, -0.05) is 23.7 Å². The topological polar surface area (TPSA) is 12.5 Å². The van der Waals surface area contributed by atoms with Crippen LogP contribution in [0.25, 0.3) is 6.08 Å². The van der Waals surface area contributed by atoms with Crippen LogP contribution in [0.15, 0.2) is 47.8 Å². The second kappa shape index (κ2) is 5.86. The SMILES string of the molecule is [B]c1ccc2c(c1)COCN(C1=C(F)CCC=C1F)/C=C\2. The third-order valence-electron chi connectivity index (χ3n) is 3.55. The lowest BCUT2D eigenvalue weighted by atomic mass is 9.92. The van der Waals surface area contributed by atoms with E-state index in [1.54, 1.807) is 12.3 Å². The molecule has 5 heteroatoms. The summed E-state index contributed by atoms with van der Waals surface area (Å²) in [6.45, 7) is 0.441. The minimum Gasteiger partial charge on any atom is -0.356 e. The van der Waals surface area contributed by atoms with Crippen LogP contribution in [-0.4, -0.2) is 19.5 Å². The standard InChI is InChI=1S/C16H14BF2NO/c17-13-5-4-11-6-7-20(10-21-9-12(11)8-13)16-14(18)2-1-3-15(16)19/h2,4-8H,1,3,9-10H2/b7-6-. The molecule has 0 spiro atoms. The van der Waals surface area contributed by atoms with Gasteiger partial charge in [-0.15, -0.1) is 0 Å². The molecule has 1 aromatic rings. The molecule has 0 aromatic heterocycles. The molecule has 106 valence electrons. The summed E-state index contributed by atoms with van der Waals surface area (Å²) in [6.07, 6.45) is 5.48. The Kier molecular flexibility index (Phi) is 3.93. The Morgan fingerprint density at radius 1 is 1.24 bits per heavy atom. The molecule has 0 amide bonds. The molecule has 0 saturated heterocycles. The van der Waals surface area contributed by atoms with E-state index in [2.05, 4.69) is 0 Å². The molecule has 1 aromatic carbocycles. The smallest absolute Gasteiger partial charge is 0.145 e. The fourth-order valence-corrected chi connectivity index (χ4v) is 2.48. The van der Waals surface area contributed by atoms with Crippen molar-refractivity contribution in [2.45, 2.75) is 19.4 Å². The van der Waals surface area contributed by atoms with Crippen molar-refractivity contribution in [3.63, 3.8) is 0 Å². The summed E-state index contributed by atoms with van der Waals surface area (Å²) in [4.78, 5) is 1.46. The molecule has 1 aliphatic carbocycles. The van der Waals surface area contributed by atoms with E-state index in [-0.39, 0.29) is 18.8 Å². The molecule has 0 bridgehead atoms. The maximum atomic E-state index is 13.9. The van der Waals surface area contributed by atoms with Crippen LogP contribution in [0.3, 0.4) is 0 Å². The number of halogens is 2. The Balaban J connectivity index is 1.93. The van der Waals surface area contributed by atoms with E-state index in [1.807, 2.05) is 18.2 Å². The summed E-state index contributed by atoms with van der Waals surface area (Å²) in [5.74, 6) is -0.980. The van der Waals surface area contributed by atoms with E-state index in [9.17, 15) is 8.78 Å². The van der Waals surface area contributed by atoms with Gasteiger partial charge in [-0.25, -0.2) is 8.78 Å². The number of fused-ring (bicyclic) bond motifs is 1. The monoisotopic (exact) mass is 285 g/mol. The fourth-order valence-electron chi connectivity index (χ4n) is 2.48. The first-order chi connectivity index (χ1) is 10.1. The van der Waals surface area contributed by atoms with Gasteiger partial charge in [0.05, 0.1) is 6.61 Å². The van der Waals surface area contributed by atoms with Crippen molar-refractivity contribution in [1.29, 1.82) is 0 Å². The molecule has 2 aliphatic rings. The van der Waals surface area contributed by atoms with Gasteiger partial charge in [0.25, 0.3) is 0 Å². The van der Waals surface area contributed by atoms with Gasteiger partial charge in [0.2, 0.25) is 0 Å². The number of benzene rings is 1. The molecule has 21 heavy (non-hydrogen) atoms. The molecule has 1 heterocycles. The molecular weight excluding hydrogens is 271 g/mol. The summed E-state index contributed by atoms with van der Waals surface area (Å²) >= 11 is 0. The van der Waals surface area contributed by atoms with Gasteiger partial charge >= 0.3 is 0 Å². The summed E-state index contributed by atoms with van der Waals surface area (Å²) in [7, 11) is 5.75. The van der Waals surface area contributed by atoms with Crippen LogP contribution in [0, 0.1) is 0 Å². The third kappa shape index (κ3) is 2.93. The van der Waals surface area contributed by atoms with Gasteiger partial charge in [0.15, 0.2) is 0 Å². The number of hydrogen-bond acceptors (Lipinski definition) is 2. The molecule has 0 saturated carbocycles. The quantitative estimate of drug-likeness (QED) is 0.735. The highest BCUT2D eigenvalue weighted by Crippen LogP contribution is 2.31. The normalized spacial score (nSPS) is 20.5. The van der Waals surface area contributed by atoms with Crippen LogP contribution in [0.1, 0.15) is 24.0 Å². The predicted octanol–water partition coefficient (Wildman–Crippen LogP) is 3.07. The molecule has 0 atom stereocenters. The zero-order chi connectivity index (χ0) is 14.8. The second-order valence-electron chi connectivity index (χ2n) is 5.07. The largest absolute Gasteiger partial charge is 0.356 e. The van der Waals surface area contributed by atoms with Crippen molar-refractivity contribution < 1.29 is 13.5 Å².